The topological polar surface area (TPSA) is 75.6 Å². The number of carbonyl (C=O) groups excluding carboxylic acids is 2. The highest BCUT2D eigenvalue weighted by Crippen LogP contribution is 2.35. The first kappa shape index (κ1) is 14.3. The van der Waals surface area contributed by atoms with Gasteiger partial charge in [0.25, 0.3) is 11.7 Å². The smallest absolute Gasteiger partial charge is 0.293 e. The van der Waals surface area contributed by atoms with Gasteiger partial charge in [-0.15, -0.1) is 11.3 Å². The lowest BCUT2D eigenvalue weighted by molar-refractivity contribution is -0.133. The number of Topliss-reactive ketones (excluding diaryl/α,β-unsaturated/α-hetero) is 1. The summed E-state index contributed by atoms with van der Waals surface area (Å²) < 4.78 is 5.12. The van der Waals surface area contributed by atoms with Gasteiger partial charge in [0, 0.05) is 10.4 Å². The molecule has 0 aliphatic carbocycles. The number of thiophene rings is 1. The molecule has 1 atom stereocenters. The van der Waals surface area contributed by atoms with Crippen molar-refractivity contribution in [2.75, 3.05) is 7.11 Å². The number of nitrogens with one attached hydrogen (secondary N) is 1. The van der Waals surface area contributed by atoms with E-state index in [9.17, 15) is 14.7 Å². The van der Waals surface area contributed by atoms with Crippen molar-refractivity contribution in [3.63, 3.8) is 0 Å². The molecule has 1 amide bonds. The van der Waals surface area contributed by atoms with Gasteiger partial charge < -0.3 is 15.2 Å². The third-order valence-electron chi connectivity index (χ3n) is 3.44. The highest BCUT2D eigenvalue weighted by atomic mass is 32.1. The lowest BCUT2D eigenvalue weighted by Gasteiger charge is -2.12. The second kappa shape index (κ2) is 5.65. The van der Waals surface area contributed by atoms with E-state index in [1.807, 2.05) is 17.5 Å². The number of aliphatic hydroxyl groups is 1. The number of carbonyl (C=O) groups is 2. The van der Waals surface area contributed by atoms with Gasteiger partial charge in [-0.05, 0) is 23.6 Å². The van der Waals surface area contributed by atoms with Crippen molar-refractivity contribution in [1.29, 1.82) is 0 Å². The Labute approximate surface area is 130 Å². The second-order valence-electron chi connectivity index (χ2n) is 4.75. The molecule has 3 rings (SSSR count). The van der Waals surface area contributed by atoms with Gasteiger partial charge in [-0.2, -0.15) is 0 Å². The fourth-order valence-corrected chi connectivity index (χ4v) is 3.15. The second-order valence-corrected chi connectivity index (χ2v) is 5.72. The highest BCUT2D eigenvalue weighted by molar-refractivity contribution is 7.10. The fourth-order valence-electron chi connectivity index (χ4n) is 2.36. The third-order valence-corrected chi connectivity index (χ3v) is 4.38. The number of benzene rings is 1. The first-order valence-electron chi connectivity index (χ1n) is 6.58. The number of rotatable bonds is 3. The van der Waals surface area contributed by atoms with Gasteiger partial charge in [0.15, 0.2) is 0 Å². The van der Waals surface area contributed by atoms with Crippen molar-refractivity contribution < 1.29 is 19.4 Å². The Morgan fingerprint density at radius 1 is 1.27 bits per heavy atom. The monoisotopic (exact) mass is 315 g/mol. The maximum absolute atomic E-state index is 12.1. The summed E-state index contributed by atoms with van der Waals surface area (Å²) in [6.45, 7) is 0. The number of ether oxygens (including phenoxy) is 1. The van der Waals surface area contributed by atoms with Gasteiger partial charge in [0.1, 0.15) is 11.5 Å². The summed E-state index contributed by atoms with van der Waals surface area (Å²) in [7, 11) is 1.52. The molecule has 1 aliphatic rings. The maximum atomic E-state index is 12.1. The molecule has 5 nitrogen and oxygen atoms in total. The SMILES string of the molecule is COc1cccc(C(O)=C2C(=O)C(=O)NC2c2cccs2)c1. The molecule has 1 aromatic heterocycles. The quantitative estimate of drug-likeness (QED) is 0.518. The number of methoxy groups -OCH3 is 1. The molecular weight excluding hydrogens is 302 g/mol. The molecule has 0 spiro atoms. The van der Waals surface area contributed by atoms with Gasteiger partial charge in [-0.1, -0.05) is 18.2 Å². The summed E-state index contributed by atoms with van der Waals surface area (Å²) in [6.07, 6.45) is 0. The standard InChI is InChI=1S/C16H13NO4S/c1-21-10-5-2-4-9(8-10)14(18)12-13(11-6-3-7-22-11)17-16(20)15(12)19/h2-8,13,18H,1H3,(H,17,20). The van der Waals surface area contributed by atoms with Crippen molar-refractivity contribution in [2.24, 2.45) is 0 Å². The molecule has 2 aromatic rings. The number of hydrogen-bond acceptors (Lipinski definition) is 5. The summed E-state index contributed by atoms with van der Waals surface area (Å²) in [5.74, 6) is -1.07. The van der Waals surface area contributed by atoms with E-state index in [0.717, 1.165) is 4.88 Å². The molecule has 22 heavy (non-hydrogen) atoms. The van der Waals surface area contributed by atoms with Crippen LogP contribution in [0.25, 0.3) is 5.76 Å². The van der Waals surface area contributed by atoms with E-state index in [2.05, 4.69) is 5.32 Å². The molecule has 2 heterocycles. The highest BCUT2D eigenvalue weighted by Gasteiger charge is 2.40. The molecule has 0 bridgehead atoms. The van der Waals surface area contributed by atoms with Crippen molar-refractivity contribution in [3.05, 3.63) is 57.8 Å². The van der Waals surface area contributed by atoms with Crippen molar-refractivity contribution in [3.8, 4) is 5.75 Å². The normalized spacial score (nSPS) is 20.0. The van der Waals surface area contributed by atoms with E-state index >= 15 is 0 Å². The number of aliphatic hydroxyl groups excluding tert-OH is 1. The molecule has 1 unspecified atom stereocenters. The van der Waals surface area contributed by atoms with Crippen LogP contribution in [-0.4, -0.2) is 23.9 Å². The van der Waals surface area contributed by atoms with E-state index in [1.165, 1.54) is 18.4 Å². The minimum absolute atomic E-state index is 0.0701. The molecule has 1 aromatic carbocycles. The molecule has 0 radical (unpaired) electrons. The minimum Gasteiger partial charge on any atom is -0.507 e. The summed E-state index contributed by atoms with van der Waals surface area (Å²) in [5.41, 5.74) is 0.501. The number of amides is 1. The molecule has 112 valence electrons. The lowest BCUT2D eigenvalue weighted by atomic mass is 10.00. The lowest BCUT2D eigenvalue weighted by Crippen LogP contribution is -2.20. The van der Waals surface area contributed by atoms with E-state index in [4.69, 9.17) is 4.74 Å². The number of ketones is 1. The van der Waals surface area contributed by atoms with E-state index in [-0.39, 0.29) is 11.3 Å². The Morgan fingerprint density at radius 3 is 2.77 bits per heavy atom. The molecule has 6 heteroatoms. The minimum atomic E-state index is -0.710. The van der Waals surface area contributed by atoms with Gasteiger partial charge in [0.2, 0.25) is 0 Å². The van der Waals surface area contributed by atoms with E-state index in [0.29, 0.717) is 11.3 Å². The summed E-state index contributed by atoms with van der Waals surface area (Å²) >= 11 is 1.41. The zero-order chi connectivity index (χ0) is 15.7. The molecular formula is C16H13NO4S. The molecule has 1 fully saturated rings. The van der Waals surface area contributed by atoms with Gasteiger partial charge in [0.05, 0.1) is 18.7 Å². The molecule has 1 aliphatic heterocycles. The Hall–Kier alpha value is -2.60. The van der Waals surface area contributed by atoms with Crippen LogP contribution in [0.5, 0.6) is 5.75 Å². The third kappa shape index (κ3) is 2.37. The van der Waals surface area contributed by atoms with Crippen molar-refractivity contribution in [1.82, 2.24) is 5.32 Å². The average molecular weight is 315 g/mol. The van der Waals surface area contributed by atoms with E-state index in [1.54, 1.807) is 24.3 Å². The fraction of sp³-hybridized carbons (Fsp3) is 0.125. The van der Waals surface area contributed by atoms with Crippen LogP contribution in [0.2, 0.25) is 0 Å². The Kier molecular flexibility index (Phi) is 3.68. The maximum Gasteiger partial charge on any atom is 0.293 e. The predicted molar refractivity (Wildman–Crippen MR) is 82.8 cm³/mol. The van der Waals surface area contributed by atoms with Gasteiger partial charge >= 0.3 is 0 Å². The van der Waals surface area contributed by atoms with Crippen LogP contribution >= 0.6 is 11.3 Å². The van der Waals surface area contributed by atoms with Crippen LogP contribution in [0, 0.1) is 0 Å². The van der Waals surface area contributed by atoms with Gasteiger partial charge in [-0.25, -0.2) is 0 Å². The first-order chi connectivity index (χ1) is 10.6. The van der Waals surface area contributed by atoms with Crippen LogP contribution in [0.3, 0.4) is 0 Å². The van der Waals surface area contributed by atoms with Crippen molar-refractivity contribution in [2.45, 2.75) is 6.04 Å². The Bertz CT molecular complexity index is 764. The number of hydrogen-bond donors (Lipinski definition) is 2. The average Bonchev–Trinajstić information content (AvgIpc) is 3.16. The van der Waals surface area contributed by atoms with Crippen LogP contribution in [0.1, 0.15) is 16.5 Å². The molecule has 2 N–H and O–H groups in total. The first-order valence-corrected chi connectivity index (χ1v) is 7.46. The largest absolute Gasteiger partial charge is 0.507 e. The molecule has 0 saturated carbocycles. The zero-order valence-corrected chi connectivity index (χ0v) is 12.5. The van der Waals surface area contributed by atoms with Gasteiger partial charge in [-0.3, -0.25) is 9.59 Å². The zero-order valence-electron chi connectivity index (χ0n) is 11.7. The van der Waals surface area contributed by atoms with Crippen molar-refractivity contribution >= 4 is 28.8 Å². The van der Waals surface area contributed by atoms with Crippen LogP contribution in [0.15, 0.2) is 47.4 Å². The van der Waals surface area contributed by atoms with Crippen LogP contribution in [0.4, 0.5) is 0 Å². The molecule has 1 saturated heterocycles. The van der Waals surface area contributed by atoms with E-state index < -0.39 is 17.7 Å². The summed E-state index contributed by atoms with van der Waals surface area (Å²) in [6, 6.07) is 9.74. The predicted octanol–water partition coefficient (Wildman–Crippen LogP) is 2.47. The summed E-state index contributed by atoms with van der Waals surface area (Å²) in [5, 5.41) is 15.0. The van der Waals surface area contributed by atoms with Crippen LogP contribution < -0.4 is 10.1 Å². The van der Waals surface area contributed by atoms with Crippen LogP contribution in [-0.2, 0) is 9.59 Å². The Balaban J connectivity index is 2.11. The summed E-state index contributed by atoms with van der Waals surface area (Å²) in [4.78, 5) is 24.6. The Morgan fingerprint density at radius 2 is 2.09 bits per heavy atom.